The van der Waals surface area contributed by atoms with Gasteiger partial charge in [-0.15, -0.1) is 0 Å². The average Bonchev–Trinajstić information content (AvgIpc) is 2.98. The number of rotatable bonds is 7. The molecule has 142 valence electrons. The molecular formula is C21H24ClN3O2. The molecule has 3 rings (SSSR count). The minimum Gasteiger partial charge on any atom is -0.492 e. The molecule has 0 spiro atoms. The predicted octanol–water partition coefficient (Wildman–Crippen LogP) is 4.87. The largest absolute Gasteiger partial charge is 0.492 e. The van der Waals surface area contributed by atoms with Crippen molar-refractivity contribution in [1.29, 1.82) is 0 Å². The first-order valence-corrected chi connectivity index (χ1v) is 9.44. The first-order valence-electron chi connectivity index (χ1n) is 9.06. The van der Waals surface area contributed by atoms with Crippen molar-refractivity contribution in [2.45, 2.75) is 33.2 Å². The second-order valence-corrected chi connectivity index (χ2v) is 6.87. The zero-order valence-corrected chi connectivity index (χ0v) is 16.3. The summed E-state index contributed by atoms with van der Waals surface area (Å²) in [4.78, 5) is 11.1. The maximum atomic E-state index is 11.1. The lowest BCUT2D eigenvalue weighted by Crippen LogP contribution is -2.11. The van der Waals surface area contributed by atoms with Gasteiger partial charge >= 0.3 is 0 Å². The van der Waals surface area contributed by atoms with Gasteiger partial charge in [-0.2, -0.15) is 0 Å². The predicted molar refractivity (Wildman–Crippen MR) is 112 cm³/mol. The molecule has 1 aromatic heterocycles. The highest BCUT2D eigenvalue weighted by atomic mass is 35.5. The number of benzene rings is 2. The molecule has 3 aromatic rings. The molecule has 0 radical (unpaired) electrons. The molecule has 5 nitrogen and oxygen atoms in total. The number of amides is 1. The molecule has 0 fully saturated rings. The topological polar surface area (TPSA) is 69.3 Å². The molecule has 0 atom stereocenters. The number of ether oxygens (including phenoxy) is 1. The van der Waals surface area contributed by atoms with Crippen LogP contribution in [0.1, 0.15) is 26.0 Å². The van der Waals surface area contributed by atoms with E-state index < -0.39 is 0 Å². The summed E-state index contributed by atoms with van der Waals surface area (Å²) in [6.45, 7) is 4.89. The Morgan fingerprint density at radius 1 is 1.22 bits per heavy atom. The average molecular weight is 386 g/mol. The van der Waals surface area contributed by atoms with Crippen LogP contribution in [0, 0.1) is 0 Å². The Labute approximate surface area is 164 Å². The second-order valence-electron chi connectivity index (χ2n) is 6.49. The Hall–Kier alpha value is -2.66. The van der Waals surface area contributed by atoms with Crippen LogP contribution in [0.3, 0.4) is 0 Å². The summed E-state index contributed by atoms with van der Waals surface area (Å²) in [5.74, 6) is 0.672. The van der Waals surface area contributed by atoms with Gasteiger partial charge in [0.05, 0.1) is 17.3 Å². The lowest BCUT2D eigenvalue weighted by atomic mass is 10.2. The highest BCUT2D eigenvalue weighted by molar-refractivity contribution is 6.38. The number of aromatic nitrogens is 1. The molecule has 0 saturated heterocycles. The van der Waals surface area contributed by atoms with E-state index in [0.717, 1.165) is 35.2 Å². The van der Waals surface area contributed by atoms with E-state index in [2.05, 4.69) is 22.9 Å². The van der Waals surface area contributed by atoms with Gasteiger partial charge < -0.3 is 20.4 Å². The minimum absolute atomic E-state index is 0.0918. The van der Waals surface area contributed by atoms with Gasteiger partial charge in [0.15, 0.2) is 0 Å². The molecule has 0 aliphatic rings. The van der Waals surface area contributed by atoms with Crippen LogP contribution in [0.5, 0.6) is 5.75 Å². The van der Waals surface area contributed by atoms with Crippen molar-refractivity contribution in [3.05, 3.63) is 53.2 Å². The summed E-state index contributed by atoms with van der Waals surface area (Å²) in [5, 5.41) is 4.34. The van der Waals surface area contributed by atoms with Crippen molar-refractivity contribution in [3.63, 3.8) is 0 Å². The van der Waals surface area contributed by atoms with Crippen molar-refractivity contribution in [2.75, 3.05) is 17.7 Å². The molecule has 27 heavy (non-hydrogen) atoms. The Morgan fingerprint density at radius 3 is 2.63 bits per heavy atom. The summed E-state index contributed by atoms with van der Waals surface area (Å²) in [5.41, 5.74) is 9.59. The van der Waals surface area contributed by atoms with Gasteiger partial charge in [-0.25, -0.2) is 0 Å². The fourth-order valence-electron chi connectivity index (χ4n) is 3.19. The van der Waals surface area contributed by atoms with Crippen molar-refractivity contribution >= 4 is 39.8 Å². The van der Waals surface area contributed by atoms with Gasteiger partial charge in [0.1, 0.15) is 12.4 Å². The Balaban J connectivity index is 1.73. The SMILES string of the molecule is CCCc1cc2c(Cl)c(N)ccc2n1CCOc1ccc(NC(C)=O)cc1. The third kappa shape index (κ3) is 4.37. The smallest absolute Gasteiger partial charge is 0.221 e. The highest BCUT2D eigenvalue weighted by Gasteiger charge is 2.12. The van der Waals surface area contributed by atoms with Gasteiger partial charge in [-0.3, -0.25) is 4.79 Å². The van der Waals surface area contributed by atoms with E-state index in [9.17, 15) is 4.79 Å². The summed E-state index contributed by atoms with van der Waals surface area (Å²) in [7, 11) is 0. The van der Waals surface area contributed by atoms with Gasteiger partial charge in [-0.1, -0.05) is 24.9 Å². The van der Waals surface area contributed by atoms with E-state index in [4.69, 9.17) is 22.1 Å². The maximum absolute atomic E-state index is 11.1. The Kier molecular flexibility index (Phi) is 5.91. The lowest BCUT2D eigenvalue weighted by Gasteiger charge is -2.12. The molecule has 1 heterocycles. The van der Waals surface area contributed by atoms with Crippen LogP contribution in [0.4, 0.5) is 11.4 Å². The number of halogens is 1. The fraction of sp³-hybridized carbons (Fsp3) is 0.286. The zero-order valence-electron chi connectivity index (χ0n) is 15.6. The van der Waals surface area contributed by atoms with Crippen LogP contribution < -0.4 is 15.8 Å². The van der Waals surface area contributed by atoms with Crippen LogP contribution in [0.15, 0.2) is 42.5 Å². The standard InChI is InChI=1S/C21H24ClN3O2/c1-3-4-16-13-18-20(10-9-19(23)21(18)22)25(16)11-12-27-17-7-5-15(6-8-17)24-14(2)26/h5-10,13H,3-4,11-12,23H2,1-2H3,(H,24,26). The maximum Gasteiger partial charge on any atom is 0.221 e. The fourth-order valence-corrected chi connectivity index (χ4v) is 3.41. The summed E-state index contributed by atoms with van der Waals surface area (Å²) >= 11 is 6.39. The Bertz CT molecular complexity index is 948. The second kappa shape index (κ2) is 8.35. The van der Waals surface area contributed by atoms with Gasteiger partial charge in [0, 0.05) is 29.2 Å². The third-order valence-electron chi connectivity index (χ3n) is 4.40. The molecule has 0 aliphatic heterocycles. The number of nitrogens with one attached hydrogen (secondary N) is 1. The molecule has 0 saturated carbocycles. The third-order valence-corrected chi connectivity index (χ3v) is 4.82. The van der Waals surface area contributed by atoms with E-state index in [1.54, 1.807) is 0 Å². The number of carbonyl (C=O) groups is 1. The minimum atomic E-state index is -0.0918. The molecule has 6 heteroatoms. The number of aryl methyl sites for hydroxylation is 1. The first kappa shape index (κ1) is 19.1. The molecule has 0 unspecified atom stereocenters. The summed E-state index contributed by atoms with van der Waals surface area (Å²) < 4.78 is 8.13. The number of nitrogens with zero attached hydrogens (tertiary/aromatic N) is 1. The number of carbonyl (C=O) groups excluding carboxylic acids is 1. The van der Waals surface area contributed by atoms with E-state index in [1.807, 2.05) is 36.4 Å². The highest BCUT2D eigenvalue weighted by Crippen LogP contribution is 2.32. The quantitative estimate of drug-likeness (QED) is 0.570. The van der Waals surface area contributed by atoms with Crippen LogP contribution in [-0.4, -0.2) is 17.1 Å². The molecular weight excluding hydrogens is 362 g/mol. The van der Waals surface area contributed by atoms with Crippen molar-refractivity contribution < 1.29 is 9.53 Å². The van der Waals surface area contributed by atoms with E-state index in [0.29, 0.717) is 23.9 Å². The molecule has 3 N–H and O–H groups in total. The van der Waals surface area contributed by atoms with Crippen molar-refractivity contribution in [1.82, 2.24) is 4.57 Å². The number of nitrogen functional groups attached to an aromatic ring is 1. The lowest BCUT2D eigenvalue weighted by molar-refractivity contribution is -0.114. The van der Waals surface area contributed by atoms with Crippen LogP contribution in [-0.2, 0) is 17.8 Å². The number of anilines is 2. The van der Waals surface area contributed by atoms with Crippen LogP contribution in [0.25, 0.3) is 10.9 Å². The number of fused-ring (bicyclic) bond motifs is 1. The van der Waals surface area contributed by atoms with E-state index in [-0.39, 0.29) is 5.91 Å². The summed E-state index contributed by atoms with van der Waals surface area (Å²) in [6, 6.07) is 13.3. The van der Waals surface area contributed by atoms with Crippen molar-refractivity contribution in [3.8, 4) is 5.75 Å². The number of nitrogens with two attached hydrogens (primary N) is 1. The van der Waals surface area contributed by atoms with Crippen LogP contribution in [0.2, 0.25) is 5.02 Å². The van der Waals surface area contributed by atoms with Crippen LogP contribution >= 0.6 is 11.6 Å². The molecule has 0 bridgehead atoms. The molecule has 0 aliphatic carbocycles. The van der Waals surface area contributed by atoms with E-state index >= 15 is 0 Å². The Morgan fingerprint density at radius 2 is 1.96 bits per heavy atom. The zero-order chi connectivity index (χ0) is 19.4. The van der Waals surface area contributed by atoms with Gasteiger partial charge in [-0.05, 0) is 48.9 Å². The van der Waals surface area contributed by atoms with Gasteiger partial charge in [0.2, 0.25) is 5.91 Å². The number of hydrogen-bond acceptors (Lipinski definition) is 3. The summed E-state index contributed by atoms with van der Waals surface area (Å²) in [6.07, 6.45) is 2.02. The van der Waals surface area contributed by atoms with Crippen molar-refractivity contribution in [2.24, 2.45) is 0 Å². The molecule has 2 aromatic carbocycles. The normalized spacial score (nSPS) is 10.9. The van der Waals surface area contributed by atoms with E-state index in [1.165, 1.54) is 12.6 Å². The molecule has 1 amide bonds. The monoisotopic (exact) mass is 385 g/mol. The first-order chi connectivity index (χ1) is 13.0. The number of hydrogen-bond donors (Lipinski definition) is 2. The van der Waals surface area contributed by atoms with Gasteiger partial charge in [0.25, 0.3) is 0 Å².